The molecule has 0 heterocycles. The second-order valence-electron chi connectivity index (χ2n) is 5.43. The molecule has 0 unspecified atom stereocenters. The van der Waals surface area contributed by atoms with E-state index in [0.717, 1.165) is 10.4 Å². The zero-order valence-corrected chi connectivity index (χ0v) is 15.8. The summed E-state index contributed by atoms with van der Waals surface area (Å²) in [5.41, 5.74) is 0.443. The second kappa shape index (κ2) is 8.59. The van der Waals surface area contributed by atoms with Crippen LogP contribution in [-0.2, 0) is 14.8 Å². The number of methoxy groups -OCH3 is 1. The first-order valence-electron chi connectivity index (χ1n) is 7.57. The van der Waals surface area contributed by atoms with Gasteiger partial charge in [0.25, 0.3) is 5.91 Å². The number of rotatable bonds is 7. The fourth-order valence-electron chi connectivity index (χ4n) is 2.09. The van der Waals surface area contributed by atoms with Gasteiger partial charge in [0.05, 0.1) is 16.5 Å². The summed E-state index contributed by atoms with van der Waals surface area (Å²) in [5.74, 6) is -1.14. The van der Waals surface area contributed by atoms with Crippen molar-refractivity contribution in [1.29, 1.82) is 0 Å². The number of carbonyl (C=O) groups excluding carboxylic acids is 1. The highest BCUT2D eigenvalue weighted by atomic mass is 35.5. The molecule has 0 bridgehead atoms. The molecular formula is C17H18ClFN2O4S. The van der Waals surface area contributed by atoms with Gasteiger partial charge in [0, 0.05) is 32.0 Å². The predicted molar refractivity (Wildman–Crippen MR) is 97.5 cm³/mol. The molecule has 0 saturated heterocycles. The Morgan fingerprint density at radius 2 is 2.00 bits per heavy atom. The molecule has 0 aliphatic heterocycles. The van der Waals surface area contributed by atoms with E-state index >= 15 is 0 Å². The third-order valence-electron chi connectivity index (χ3n) is 3.59. The van der Waals surface area contributed by atoms with Crippen LogP contribution in [0.15, 0.2) is 47.4 Å². The van der Waals surface area contributed by atoms with Crippen LogP contribution in [0.4, 0.5) is 10.1 Å². The summed E-state index contributed by atoms with van der Waals surface area (Å²) < 4.78 is 44.3. The van der Waals surface area contributed by atoms with Gasteiger partial charge < -0.3 is 10.1 Å². The third-order valence-corrected chi connectivity index (χ3v) is 5.73. The molecule has 0 radical (unpaired) electrons. The Morgan fingerprint density at radius 1 is 1.27 bits per heavy atom. The van der Waals surface area contributed by atoms with Gasteiger partial charge in [-0.05, 0) is 36.4 Å². The minimum Gasteiger partial charge on any atom is -0.383 e. The van der Waals surface area contributed by atoms with Crippen molar-refractivity contribution in [1.82, 2.24) is 4.31 Å². The number of carbonyl (C=O) groups is 1. The number of likely N-dealkylation sites (N-methyl/N-ethyl adjacent to an activating group) is 1. The molecule has 0 saturated carbocycles. The van der Waals surface area contributed by atoms with Crippen LogP contribution >= 0.6 is 11.6 Å². The van der Waals surface area contributed by atoms with Gasteiger partial charge in [0.2, 0.25) is 10.0 Å². The molecule has 140 valence electrons. The molecule has 2 aromatic carbocycles. The number of benzene rings is 2. The minimum atomic E-state index is -3.75. The quantitative estimate of drug-likeness (QED) is 0.775. The van der Waals surface area contributed by atoms with Crippen molar-refractivity contribution < 1.29 is 22.3 Å². The fourth-order valence-corrected chi connectivity index (χ4v) is 3.48. The molecule has 0 aromatic heterocycles. The van der Waals surface area contributed by atoms with E-state index < -0.39 is 21.7 Å². The lowest BCUT2D eigenvalue weighted by Gasteiger charge is -2.17. The normalized spacial score (nSPS) is 11.6. The van der Waals surface area contributed by atoms with Crippen molar-refractivity contribution in [3.63, 3.8) is 0 Å². The van der Waals surface area contributed by atoms with Crippen molar-refractivity contribution in [3.8, 4) is 0 Å². The largest absolute Gasteiger partial charge is 0.383 e. The first-order chi connectivity index (χ1) is 12.3. The van der Waals surface area contributed by atoms with E-state index in [2.05, 4.69) is 5.32 Å². The lowest BCUT2D eigenvalue weighted by atomic mass is 10.2. The van der Waals surface area contributed by atoms with E-state index in [-0.39, 0.29) is 28.6 Å². The molecule has 2 rings (SSSR count). The highest BCUT2D eigenvalue weighted by Gasteiger charge is 2.21. The maximum absolute atomic E-state index is 13.2. The van der Waals surface area contributed by atoms with E-state index in [1.807, 2.05) is 0 Å². The first kappa shape index (κ1) is 20.3. The van der Waals surface area contributed by atoms with Crippen LogP contribution in [0.2, 0.25) is 5.02 Å². The lowest BCUT2D eigenvalue weighted by molar-refractivity contribution is 0.102. The molecule has 2 aromatic rings. The van der Waals surface area contributed by atoms with Gasteiger partial charge >= 0.3 is 0 Å². The topological polar surface area (TPSA) is 75.7 Å². The highest BCUT2D eigenvalue weighted by molar-refractivity contribution is 7.89. The molecule has 0 aliphatic rings. The summed E-state index contributed by atoms with van der Waals surface area (Å²) in [6.45, 7) is 0.435. The first-order valence-corrected chi connectivity index (χ1v) is 9.39. The van der Waals surface area contributed by atoms with Gasteiger partial charge in [-0.3, -0.25) is 4.79 Å². The monoisotopic (exact) mass is 400 g/mol. The standard InChI is InChI=1S/C17H18ClFN2O4S/c1-21(8-9-25-2)26(23,24)14-5-3-4-12(10-14)17(22)20-13-6-7-16(19)15(18)11-13/h3-7,10-11H,8-9H2,1-2H3,(H,20,22). The van der Waals surface area contributed by atoms with Crippen LogP contribution in [0.3, 0.4) is 0 Å². The number of ether oxygens (including phenoxy) is 1. The van der Waals surface area contributed by atoms with Crippen LogP contribution < -0.4 is 5.32 Å². The van der Waals surface area contributed by atoms with Crippen molar-refractivity contribution >= 4 is 33.2 Å². The second-order valence-corrected chi connectivity index (χ2v) is 7.88. The van der Waals surface area contributed by atoms with Crippen LogP contribution in [-0.4, -0.2) is 45.9 Å². The number of anilines is 1. The average molecular weight is 401 g/mol. The Morgan fingerprint density at radius 3 is 2.65 bits per heavy atom. The average Bonchev–Trinajstić information content (AvgIpc) is 2.62. The summed E-state index contributed by atoms with van der Waals surface area (Å²) in [4.78, 5) is 12.3. The van der Waals surface area contributed by atoms with E-state index in [9.17, 15) is 17.6 Å². The molecule has 6 nitrogen and oxygen atoms in total. The molecule has 1 N–H and O–H groups in total. The van der Waals surface area contributed by atoms with E-state index in [1.165, 1.54) is 50.6 Å². The van der Waals surface area contributed by atoms with Crippen molar-refractivity contribution in [2.45, 2.75) is 4.90 Å². The number of hydrogen-bond acceptors (Lipinski definition) is 4. The summed E-state index contributed by atoms with van der Waals surface area (Å²) in [6.07, 6.45) is 0. The smallest absolute Gasteiger partial charge is 0.255 e. The Kier molecular flexibility index (Phi) is 6.71. The van der Waals surface area contributed by atoms with Crippen LogP contribution in [0.1, 0.15) is 10.4 Å². The van der Waals surface area contributed by atoms with E-state index in [4.69, 9.17) is 16.3 Å². The van der Waals surface area contributed by atoms with Gasteiger partial charge in [-0.1, -0.05) is 17.7 Å². The number of amides is 1. The van der Waals surface area contributed by atoms with Crippen molar-refractivity contribution in [3.05, 3.63) is 58.9 Å². The Bertz CT molecular complexity index is 905. The number of nitrogens with zero attached hydrogens (tertiary/aromatic N) is 1. The number of hydrogen-bond donors (Lipinski definition) is 1. The van der Waals surface area contributed by atoms with Crippen molar-refractivity contribution in [2.75, 3.05) is 32.6 Å². The third kappa shape index (κ3) is 4.79. The Labute approximate surface area is 156 Å². The molecule has 0 fully saturated rings. The van der Waals surface area contributed by atoms with Gasteiger partial charge in [0.1, 0.15) is 5.82 Å². The van der Waals surface area contributed by atoms with E-state index in [0.29, 0.717) is 5.69 Å². The SMILES string of the molecule is COCCN(C)S(=O)(=O)c1cccc(C(=O)Nc2ccc(F)c(Cl)c2)c1. The molecular weight excluding hydrogens is 383 g/mol. The lowest BCUT2D eigenvalue weighted by Crippen LogP contribution is -2.30. The number of sulfonamides is 1. The fraction of sp³-hybridized carbons (Fsp3) is 0.235. The van der Waals surface area contributed by atoms with Crippen LogP contribution in [0.5, 0.6) is 0 Å². The van der Waals surface area contributed by atoms with Gasteiger partial charge in [-0.2, -0.15) is 4.31 Å². The predicted octanol–water partition coefficient (Wildman–Crippen LogP) is 3.00. The summed E-state index contributed by atoms with van der Waals surface area (Å²) >= 11 is 5.68. The zero-order chi connectivity index (χ0) is 19.3. The summed E-state index contributed by atoms with van der Waals surface area (Å²) in [6, 6.07) is 9.40. The van der Waals surface area contributed by atoms with Crippen molar-refractivity contribution in [2.24, 2.45) is 0 Å². The van der Waals surface area contributed by atoms with Crippen LogP contribution in [0, 0.1) is 5.82 Å². The maximum atomic E-state index is 13.2. The van der Waals surface area contributed by atoms with E-state index in [1.54, 1.807) is 0 Å². The molecule has 26 heavy (non-hydrogen) atoms. The molecule has 0 aliphatic carbocycles. The molecule has 1 amide bonds. The Balaban J connectivity index is 2.22. The summed E-state index contributed by atoms with van der Waals surface area (Å²) in [5, 5.41) is 2.42. The highest BCUT2D eigenvalue weighted by Crippen LogP contribution is 2.21. The van der Waals surface area contributed by atoms with Gasteiger partial charge in [-0.15, -0.1) is 0 Å². The van der Waals surface area contributed by atoms with Crippen LogP contribution in [0.25, 0.3) is 0 Å². The summed E-state index contributed by atoms with van der Waals surface area (Å²) in [7, 11) is -0.838. The molecule has 0 spiro atoms. The number of nitrogens with one attached hydrogen (secondary N) is 1. The zero-order valence-electron chi connectivity index (χ0n) is 14.2. The van der Waals surface area contributed by atoms with Gasteiger partial charge in [0.15, 0.2) is 0 Å². The number of halogens is 2. The molecule has 9 heteroatoms. The van der Waals surface area contributed by atoms with Gasteiger partial charge in [-0.25, -0.2) is 12.8 Å². The maximum Gasteiger partial charge on any atom is 0.255 e. The Hall–Kier alpha value is -2.00. The minimum absolute atomic E-state index is 0.0131. The molecule has 0 atom stereocenters.